The molecule has 1 aliphatic rings. The quantitative estimate of drug-likeness (QED) is 0.803. The zero-order chi connectivity index (χ0) is 15.5. The van der Waals surface area contributed by atoms with Crippen LogP contribution < -0.4 is 0 Å². The minimum Gasteiger partial charge on any atom is -0.342 e. The van der Waals surface area contributed by atoms with E-state index in [1.165, 1.54) is 24.9 Å². The zero-order valence-electron chi connectivity index (χ0n) is 13.3. The van der Waals surface area contributed by atoms with Crippen molar-refractivity contribution < 1.29 is 0 Å². The number of hydrogen-bond acceptors (Lipinski definition) is 3. The van der Waals surface area contributed by atoms with E-state index in [-0.39, 0.29) is 0 Å². The standard InChI is InChI=1S/C19H22N4/c1-2-8-18-17(7-1)21-19(22-18)11-15-6-4-10-23(13-15)14-16-5-3-9-20-12-16/h1-3,5,7-9,12,15H,4,6,10-11,13-14H2,(H,21,22). The molecular weight excluding hydrogens is 284 g/mol. The molecule has 4 rings (SSSR count). The van der Waals surface area contributed by atoms with Crippen LogP contribution in [0.3, 0.4) is 0 Å². The highest BCUT2D eigenvalue weighted by molar-refractivity contribution is 5.74. The fourth-order valence-electron chi connectivity index (χ4n) is 3.59. The summed E-state index contributed by atoms with van der Waals surface area (Å²) in [7, 11) is 0. The predicted octanol–water partition coefficient (Wildman–Crippen LogP) is 3.41. The monoisotopic (exact) mass is 306 g/mol. The molecule has 1 atom stereocenters. The van der Waals surface area contributed by atoms with Crippen molar-refractivity contribution in [3.05, 3.63) is 60.2 Å². The molecule has 0 saturated carbocycles. The highest BCUT2D eigenvalue weighted by atomic mass is 15.1. The molecule has 0 radical (unpaired) electrons. The summed E-state index contributed by atoms with van der Waals surface area (Å²) >= 11 is 0. The average molecular weight is 306 g/mol. The third-order valence-corrected chi connectivity index (χ3v) is 4.65. The molecule has 23 heavy (non-hydrogen) atoms. The number of H-pyrrole nitrogens is 1. The summed E-state index contributed by atoms with van der Waals surface area (Å²) in [6.45, 7) is 3.34. The zero-order valence-corrected chi connectivity index (χ0v) is 13.3. The number of pyridine rings is 1. The Kier molecular flexibility index (Phi) is 4.07. The van der Waals surface area contributed by atoms with Gasteiger partial charge in [0.05, 0.1) is 11.0 Å². The number of aromatic nitrogens is 3. The Morgan fingerprint density at radius 1 is 1.17 bits per heavy atom. The molecule has 1 fully saturated rings. The number of likely N-dealkylation sites (tertiary alicyclic amines) is 1. The van der Waals surface area contributed by atoms with Gasteiger partial charge in [-0.25, -0.2) is 4.98 Å². The second-order valence-electron chi connectivity index (χ2n) is 6.51. The molecule has 0 bridgehead atoms. The lowest BCUT2D eigenvalue weighted by Gasteiger charge is -2.32. The lowest BCUT2D eigenvalue weighted by atomic mass is 9.94. The van der Waals surface area contributed by atoms with Crippen molar-refractivity contribution in [1.82, 2.24) is 19.9 Å². The molecule has 2 aromatic heterocycles. The van der Waals surface area contributed by atoms with Crippen LogP contribution >= 0.6 is 0 Å². The van der Waals surface area contributed by atoms with Gasteiger partial charge in [-0.15, -0.1) is 0 Å². The van der Waals surface area contributed by atoms with Crippen LogP contribution in [-0.4, -0.2) is 32.9 Å². The van der Waals surface area contributed by atoms with Gasteiger partial charge in [0.1, 0.15) is 5.82 Å². The van der Waals surface area contributed by atoms with Gasteiger partial charge in [0, 0.05) is 31.9 Å². The van der Waals surface area contributed by atoms with Crippen LogP contribution in [0.25, 0.3) is 11.0 Å². The molecule has 3 aromatic rings. The van der Waals surface area contributed by atoms with Crippen molar-refractivity contribution in [3.63, 3.8) is 0 Å². The first kappa shape index (κ1) is 14.4. The van der Waals surface area contributed by atoms with Crippen LogP contribution in [0.2, 0.25) is 0 Å². The van der Waals surface area contributed by atoms with Crippen LogP contribution in [-0.2, 0) is 13.0 Å². The Bertz CT molecular complexity index is 732. The summed E-state index contributed by atoms with van der Waals surface area (Å²) in [6.07, 6.45) is 7.41. The van der Waals surface area contributed by atoms with E-state index >= 15 is 0 Å². The Morgan fingerprint density at radius 2 is 2.13 bits per heavy atom. The lowest BCUT2D eigenvalue weighted by molar-refractivity contribution is 0.166. The van der Waals surface area contributed by atoms with E-state index < -0.39 is 0 Å². The topological polar surface area (TPSA) is 44.8 Å². The first-order chi connectivity index (χ1) is 11.4. The van der Waals surface area contributed by atoms with Gasteiger partial charge in [-0.2, -0.15) is 0 Å². The number of rotatable bonds is 4. The van der Waals surface area contributed by atoms with E-state index in [1.54, 1.807) is 0 Å². The van der Waals surface area contributed by atoms with Gasteiger partial charge in [-0.1, -0.05) is 18.2 Å². The third-order valence-electron chi connectivity index (χ3n) is 4.65. The summed E-state index contributed by atoms with van der Waals surface area (Å²) in [5.41, 5.74) is 3.52. The van der Waals surface area contributed by atoms with Gasteiger partial charge in [-0.3, -0.25) is 9.88 Å². The highest BCUT2D eigenvalue weighted by Crippen LogP contribution is 2.22. The Balaban J connectivity index is 1.41. The van der Waals surface area contributed by atoms with Crippen molar-refractivity contribution in [2.75, 3.05) is 13.1 Å². The molecular formula is C19H22N4. The first-order valence-corrected chi connectivity index (χ1v) is 8.42. The van der Waals surface area contributed by atoms with E-state index in [0.717, 1.165) is 36.4 Å². The van der Waals surface area contributed by atoms with E-state index in [2.05, 4.69) is 39.1 Å². The van der Waals surface area contributed by atoms with Gasteiger partial charge < -0.3 is 4.98 Å². The molecule has 0 aliphatic carbocycles. The molecule has 1 aromatic carbocycles. The summed E-state index contributed by atoms with van der Waals surface area (Å²) in [6, 6.07) is 12.5. The first-order valence-electron chi connectivity index (χ1n) is 8.42. The number of para-hydroxylation sites is 2. The second kappa shape index (κ2) is 6.50. The minimum absolute atomic E-state index is 0.681. The molecule has 0 spiro atoms. The highest BCUT2D eigenvalue weighted by Gasteiger charge is 2.21. The van der Waals surface area contributed by atoms with Crippen molar-refractivity contribution >= 4 is 11.0 Å². The number of piperidine rings is 1. The second-order valence-corrected chi connectivity index (χ2v) is 6.51. The molecule has 118 valence electrons. The molecule has 1 saturated heterocycles. The molecule has 1 unspecified atom stereocenters. The molecule has 4 heteroatoms. The van der Waals surface area contributed by atoms with Crippen LogP contribution in [0.15, 0.2) is 48.8 Å². The average Bonchev–Trinajstić information content (AvgIpc) is 2.98. The molecule has 0 amide bonds. The summed E-state index contributed by atoms with van der Waals surface area (Å²) in [5, 5.41) is 0. The summed E-state index contributed by atoms with van der Waals surface area (Å²) in [4.78, 5) is 15.0. The summed E-state index contributed by atoms with van der Waals surface area (Å²) < 4.78 is 0. The van der Waals surface area contributed by atoms with E-state index in [9.17, 15) is 0 Å². The van der Waals surface area contributed by atoms with Crippen LogP contribution in [0.4, 0.5) is 0 Å². The largest absolute Gasteiger partial charge is 0.342 e. The molecule has 3 heterocycles. The molecule has 1 aliphatic heterocycles. The fraction of sp³-hybridized carbons (Fsp3) is 0.368. The van der Waals surface area contributed by atoms with E-state index in [0.29, 0.717) is 5.92 Å². The maximum Gasteiger partial charge on any atom is 0.107 e. The predicted molar refractivity (Wildman–Crippen MR) is 92.0 cm³/mol. The normalized spacial score (nSPS) is 19.2. The van der Waals surface area contributed by atoms with Crippen molar-refractivity contribution in [2.45, 2.75) is 25.8 Å². The van der Waals surface area contributed by atoms with Crippen molar-refractivity contribution in [1.29, 1.82) is 0 Å². The Hall–Kier alpha value is -2.20. The molecule has 1 N–H and O–H groups in total. The van der Waals surface area contributed by atoms with Gasteiger partial charge in [0.25, 0.3) is 0 Å². The van der Waals surface area contributed by atoms with Crippen molar-refractivity contribution in [3.8, 4) is 0 Å². The Labute approximate surface area is 136 Å². The van der Waals surface area contributed by atoms with Gasteiger partial charge in [0.15, 0.2) is 0 Å². The third kappa shape index (κ3) is 3.42. The van der Waals surface area contributed by atoms with Gasteiger partial charge in [-0.05, 0) is 49.1 Å². The van der Waals surface area contributed by atoms with Crippen LogP contribution in [0.1, 0.15) is 24.2 Å². The van der Waals surface area contributed by atoms with Crippen LogP contribution in [0.5, 0.6) is 0 Å². The maximum absolute atomic E-state index is 4.73. The van der Waals surface area contributed by atoms with E-state index in [1.807, 2.05) is 24.5 Å². The number of fused-ring (bicyclic) bond motifs is 1. The number of imidazole rings is 1. The lowest BCUT2D eigenvalue weighted by Crippen LogP contribution is -2.35. The van der Waals surface area contributed by atoms with Gasteiger partial charge >= 0.3 is 0 Å². The SMILES string of the molecule is c1cncc(CN2CCCC(Cc3nc4ccccc4[nH]3)C2)c1. The smallest absolute Gasteiger partial charge is 0.107 e. The number of nitrogens with zero attached hydrogens (tertiary/aromatic N) is 3. The van der Waals surface area contributed by atoms with Crippen molar-refractivity contribution in [2.24, 2.45) is 5.92 Å². The van der Waals surface area contributed by atoms with Gasteiger partial charge in [0.2, 0.25) is 0 Å². The maximum atomic E-state index is 4.73. The number of benzene rings is 1. The Morgan fingerprint density at radius 3 is 3.00 bits per heavy atom. The summed E-state index contributed by atoms with van der Waals surface area (Å²) in [5.74, 6) is 1.81. The molecule has 4 nitrogen and oxygen atoms in total. The number of aromatic amines is 1. The fourth-order valence-corrected chi connectivity index (χ4v) is 3.59. The van der Waals surface area contributed by atoms with Crippen LogP contribution in [0, 0.1) is 5.92 Å². The number of hydrogen-bond donors (Lipinski definition) is 1. The number of nitrogens with one attached hydrogen (secondary N) is 1. The minimum atomic E-state index is 0.681. The van der Waals surface area contributed by atoms with E-state index in [4.69, 9.17) is 4.98 Å².